The number of halogens is 2. The van der Waals surface area contributed by atoms with Crippen molar-refractivity contribution in [2.45, 2.75) is 51.6 Å². The lowest BCUT2D eigenvalue weighted by Crippen LogP contribution is -2.27. The summed E-state index contributed by atoms with van der Waals surface area (Å²) >= 11 is 9.68. The number of carbonyl (C=O) groups excluding carboxylic acids is 1. The number of esters is 1. The molecule has 1 aliphatic heterocycles. The Kier molecular flexibility index (Phi) is 7.72. The second-order valence-corrected chi connectivity index (χ2v) is 9.59. The molecule has 1 heterocycles. The summed E-state index contributed by atoms with van der Waals surface area (Å²) in [6.45, 7) is 5.68. The maximum Gasteiger partial charge on any atom is 0.338 e. The molecule has 3 rings (SSSR count). The van der Waals surface area contributed by atoms with E-state index in [2.05, 4.69) is 15.9 Å². The molecule has 2 aromatic carbocycles. The number of carboxylic acid groups (broad SMARTS) is 1. The number of hydrogen-bond acceptors (Lipinski definition) is 7. The minimum atomic E-state index is -1.01. The van der Waals surface area contributed by atoms with Crippen LogP contribution < -0.4 is 9.47 Å². The van der Waals surface area contributed by atoms with Gasteiger partial charge in [0, 0.05) is 11.6 Å². The van der Waals surface area contributed by atoms with E-state index < -0.39 is 34.1 Å². The van der Waals surface area contributed by atoms with Crippen LogP contribution in [-0.2, 0) is 9.53 Å². The van der Waals surface area contributed by atoms with Crippen LogP contribution in [-0.4, -0.2) is 34.2 Å². The van der Waals surface area contributed by atoms with Crippen LogP contribution in [0.2, 0.25) is 5.02 Å². The molecule has 11 heteroatoms. The van der Waals surface area contributed by atoms with E-state index in [1.54, 1.807) is 13.8 Å². The zero-order valence-corrected chi connectivity index (χ0v) is 21.1. The molecule has 1 unspecified atom stereocenters. The van der Waals surface area contributed by atoms with Crippen LogP contribution in [0.15, 0.2) is 28.7 Å². The van der Waals surface area contributed by atoms with Gasteiger partial charge in [0.1, 0.15) is 15.8 Å². The lowest BCUT2D eigenvalue weighted by Gasteiger charge is -2.25. The molecular formula is C23H23BrClNO8. The largest absolute Gasteiger partial charge is 0.492 e. The van der Waals surface area contributed by atoms with Gasteiger partial charge in [-0.25, -0.2) is 4.79 Å². The van der Waals surface area contributed by atoms with Crippen LogP contribution in [0.1, 0.15) is 61.9 Å². The van der Waals surface area contributed by atoms with Gasteiger partial charge in [-0.05, 0) is 60.8 Å². The van der Waals surface area contributed by atoms with Gasteiger partial charge in [-0.3, -0.25) is 14.9 Å². The molecule has 0 fully saturated rings. The topological polar surface area (TPSA) is 125 Å². The third-order valence-corrected chi connectivity index (χ3v) is 6.31. The standard InChI is InChI=1S/C23H23BrClNO8/c1-4-8-23(2,3)34-22(29)12-5-6-17(16(10-12)26(30)31)33-20-15(25)11-14-13(21(27)28)7-9-32-19(14)18(20)24/h5-6,10-11,13H,4,7-9H2,1-3H3,(H,27,28). The number of hydrogen-bond donors (Lipinski definition) is 1. The Morgan fingerprint density at radius 1 is 1.35 bits per heavy atom. The first kappa shape index (κ1) is 25.8. The van der Waals surface area contributed by atoms with Crippen molar-refractivity contribution < 1.29 is 33.8 Å². The molecule has 1 N–H and O–H groups in total. The lowest BCUT2D eigenvalue weighted by molar-refractivity contribution is -0.385. The highest BCUT2D eigenvalue weighted by Crippen LogP contribution is 2.49. The molecule has 9 nitrogen and oxygen atoms in total. The zero-order chi connectivity index (χ0) is 25.2. The van der Waals surface area contributed by atoms with Crippen LogP contribution in [0.25, 0.3) is 0 Å². The van der Waals surface area contributed by atoms with Gasteiger partial charge in [0.2, 0.25) is 5.75 Å². The Morgan fingerprint density at radius 3 is 2.68 bits per heavy atom. The summed E-state index contributed by atoms with van der Waals surface area (Å²) in [7, 11) is 0. The third kappa shape index (κ3) is 5.44. The van der Waals surface area contributed by atoms with Crippen LogP contribution in [0.3, 0.4) is 0 Å². The van der Waals surface area contributed by atoms with Crippen molar-refractivity contribution in [2.24, 2.45) is 0 Å². The van der Waals surface area contributed by atoms with Crippen molar-refractivity contribution in [3.05, 3.63) is 55.0 Å². The Labute approximate surface area is 209 Å². The molecule has 0 saturated carbocycles. The van der Waals surface area contributed by atoms with Gasteiger partial charge in [0.05, 0.1) is 28.0 Å². The van der Waals surface area contributed by atoms with Gasteiger partial charge in [-0.1, -0.05) is 24.9 Å². The molecule has 0 saturated heterocycles. The summed E-state index contributed by atoms with van der Waals surface area (Å²) in [6.07, 6.45) is 1.72. The summed E-state index contributed by atoms with van der Waals surface area (Å²) in [5.74, 6) is -2.39. The number of nitro groups is 1. The predicted octanol–water partition coefficient (Wildman–Crippen LogP) is 6.49. The van der Waals surface area contributed by atoms with Crippen LogP contribution in [0, 0.1) is 10.1 Å². The average molecular weight is 557 g/mol. The molecule has 0 bridgehead atoms. The number of rotatable bonds is 8. The van der Waals surface area contributed by atoms with Gasteiger partial charge < -0.3 is 19.3 Å². The number of carboxylic acids is 1. The highest BCUT2D eigenvalue weighted by molar-refractivity contribution is 9.10. The van der Waals surface area contributed by atoms with Crippen LogP contribution in [0.5, 0.6) is 17.2 Å². The molecule has 1 atom stereocenters. The van der Waals surface area contributed by atoms with E-state index in [0.717, 1.165) is 12.5 Å². The maximum atomic E-state index is 12.6. The van der Waals surface area contributed by atoms with Crippen molar-refractivity contribution in [3.63, 3.8) is 0 Å². The zero-order valence-electron chi connectivity index (χ0n) is 18.7. The summed E-state index contributed by atoms with van der Waals surface area (Å²) in [5.41, 5.74) is -0.796. The van der Waals surface area contributed by atoms with Crippen molar-refractivity contribution in [2.75, 3.05) is 6.61 Å². The van der Waals surface area contributed by atoms with Crippen molar-refractivity contribution >= 4 is 45.2 Å². The van der Waals surface area contributed by atoms with E-state index in [-0.39, 0.29) is 45.3 Å². The number of ether oxygens (including phenoxy) is 3. The number of carbonyl (C=O) groups is 2. The Balaban J connectivity index is 1.97. The Bertz CT molecular complexity index is 1150. The number of nitrogens with zero attached hydrogens (tertiary/aromatic N) is 1. The summed E-state index contributed by atoms with van der Waals surface area (Å²) in [5, 5.41) is 21.3. The number of fused-ring (bicyclic) bond motifs is 1. The Hall–Kier alpha value is -2.85. The van der Waals surface area contributed by atoms with E-state index in [1.807, 2.05) is 6.92 Å². The predicted molar refractivity (Wildman–Crippen MR) is 127 cm³/mol. The first-order chi connectivity index (χ1) is 15.9. The molecule has 0 radical (unpaired) electrons. The fourth-order valence-corrected chi connectivity index (χ4v) is 4.74. The van der Waals surface area contributed by atoms with Crippen molar-refractivity contribution in [1.82, 2.24) is 0 Å². The monoisotopic (exact) mass is 555 g/mol. The van der Waals surface area contributed by atoms with E-state index in [0.29, 0.717) is 12.0 Å². The highest BCUT2D eigenvalue weighted by Gasteiger charge is 2.32. The molecular weight excluding hydrogens is 534 g/mol. The maximum absolute atomic E-state index is 12.6. The minimum Gasteiger partial charge on any atom is -0.492 e. The number of aliphatic carboxylic acids is 1. The first-order valence-electron chi connectivity index (χ1n) is 10.5. The molecule has 0 aliphatic carbocycles. The van der Waals surface area contributed by atoms with E-state index in [4.69, 9.17) is 25.8 Å². The molecule has 0 spiro atoms. The summed E-state index contributed by atoms with van der Waals surface area (Å²) in [6, 6.07) is 5.15. The lowest BCUT2D eigenvalue weighted by atomic mass is 9.93. The van der Waals surface area contributed by atoms with Gasteiger partial charge in [0.25, 0.3) is 0 Å². The molecule has 182 valence electrons. The van der Waals surface area contributed by atoms with Gasteiger partial charge >= 0.3 is 17.6 Å². The molecule has 0 amide bonds. The highest BCUT2D eigenvalue weighted by atomic mass is 79.9. The first-order valence-corrected chi connectivity index (χ1v) is 11.7. The quantitative estimate of drug-likeness (QED) is 0.222. The molecule has 1 aliphatic rings. The SMILES string of the molecule is CCCC(C)(C)OC(=O)c1ccc(Oc2c(Cl)cc3c(c2Br)OCCC3C(=O)O)c([N+](=O)[O-])c1. The van der Waals surface area contributed by atoms with Crippen molar-refractivity contribution in [3.8, 4) is 17.2 Å². The van der Waals surface area contributed by atoms with Gasteiger partial charge in [0.15, 0.2) is 5.75 Å². The van der Waals surface area contributed by atoms with Gasteiger partial charge in [-0.2, -0.15) is 0 Å². The third-order valence-electron chi connectivity index (χ3n) is 5.31. The number of benzene rings is 2. The number of nitro benzene ring substituents is 1. The van der Waals surface area contributed by atoms with E-state index in [1.165, 1.54) is 18.2 Å². The fourth-order valence-electron chi connectivity index (χ4n) is 3.74. The van der Waals surface area contributed by atoms with Crippen LogP contribution >= 0.6 is 27.5 Å². The van der Waals surface area contributed by atoms with Crippen LogP contribution in [0.4, 0.5) is 5.69 Å². The summed E-state index contributed by atoms with van der Waals surface area (Å²) in [4.78, 5) is 35.2. The second kappa shape index (κ2) is 10.2. The smallest absolute Gasteiger partial charge is 0.338 e. The average Bonchev–Trinajstić information content (AvgIpc) is 2.75. The fraction of sp³-hybridized carbons (Fsp3) is 0.391. The molecule has 0 aromatic heterocycles. The second-order valence-electron chi connectivity index (χ2n) is 8.39. The van der Waals surface area contributed by atoms with Gasteiger partial charge in [-0.15, -0.1) is 0 Å². The Morgan fingerprint density at radius 2 is 2.06 bits per heavy atom. The molecule has 34 heavy (non-hydrogen) atoms. The normalized spacial score (nSPS) is 15.1. The van der Waals surface area contributed by atoms with E-state index in [9.17, 15) is 24.8 Å². The minimum absolute atomic E-state index is 0.00599. The van der Waals surface area contributed by atoms with Crippen molar-refractivity contribution in [1.29, 1.82) is 0 Å². The molecule has 2 aromatic rings. The van der Waals surface area contributed by atoms with E-state index >= 15 is 0 Å². The summed E-state index contributed by atoms with van der Waals surface area (Å²) < 4.78 is 17.1.